The smallest absolute Gasteiger partial charge is 0.0399 e. The van der Waals surface area contributed by atoms with Crippen molar-refractivity contribution in [1.29, 1.82) is 0 Å². The van der Waals surface area contributed by atoms with E-state index in [1.54, 1.807) is 5.30 Å². The van der Waals surface area contributed by atoms with Crippen LogP contribution in [0.4, 0.5) is 0 Å². The Kier molecular flexibility index (Phi) is 7.68. The van der Waals surface area contributed by atoms with Crippen LogP contribution >= 0.6 is 7.92 Å². The Morgan fingerprint density at radius 3 is 2.06 bits per heavy atom. The number of unbranched alkanes of at least 4 members (excludes halogenated alkanes) is 4. The molecule has 0 amide bonds. The first kappa shape index (κ1) is 13.8. The summed E-state index contributed by atoms with van der Waals surface area (Å²) in [4.78, 5) is 0. The lowest BCUT2D eigenvalue weighted by molar-refractivity contribution is 0.763. The highest BCUT2D eigenvalue weighted by Gasteiger charge is 2.04. The fourth-order valence-corrected chi connectivity index (χ4v) is 4.59. The monoisotopic (exact) mass is 237 g/mol. The van der Waals surface area contributed by atoms with Gasteiger partial charge in [-0.25, -0.2) is 6.07 Å². The van der Waals surface area contributed by atoms with Crippen LogP contribution in [0.15, 0.2) is 24.3 Å². The molecule has 0 saturated carbocycles. The fraction of sp³-hybridized carbons (Fsp3) is 0.667. The van der Waals surface area contributed by atoms with Crippen molar-refractivity contribution in [3.63, 3.8) is 0 Å². The normalized spacial score (nSPS) is 11.2. The highest BCUT2D eigenvalue weighted by molar-refractivity contribution is 7.65. The fourth-order valence-electron chi connectivity index (χ4n) is 2.05. The van der Waals surface area contributed by atoms with Crippen LogP contribution < -0.4 is 5.30 Å². The summed E-state index contributed by atoms with van der Waals surface area (Å²) in [6.07, 6.45) is 11.3. The lowest BCUT2D eigenvalue weighted by Crippen LogP contribution is -2.04. The molecule has 1 aromatic carbocycles. The third-order valence-electron chi connectivity index (χ3n) is 3.07. The molecule has 16 heavy (non-hydrogen) atoms. The Morgan fingerprint density at radius 1 is 1.00 bits per heavy atom. The van der Waals surface area contributed by atoms with Gasteiger partial charge in [0.1, 0.15) is 0 Å². The van der Waals surface area contributed by atoms with E-state index in [4.69, 9.17) is 0 Å². The van der Waals surface area contributed by atoms with Crippen molar-refractivity contribution >= 4 is 13.2 Å². The molecule has 1 aromatic rings. The molecule has 0 aliphatic carbocycles. The first-order chi connectivity index (χ1) is 7.88. The second-order valence-corrected chi connectivity index (χ2v) is 7.03. The molecule has 0 aromatic heterocycles. The van der Waals surface area contributed by atoms with Crippen molar-refractivity contribution in [3.8, 4) is 0 Å². The number of hydrogen-bond acceptors (Lipinski definition) is 0. The average Bonchev–Trinajstić information content (AvgIpc) is 2.81. The Labute approximate surface area is 103 Å². The zero-order chi connectivity index (χ0) is 11.6. The van der Waals surface area contributed by atoms with E-state index in [1.807, 2.05) is 0 Å². The SMILES string of the molecule is CCCCCP(CCCCC)c1cc[cH-]c1. The molecule has 92 valence electrons. The maximum absolute atomic E-state index is 2.34. The molecule has 0 atom stereocenters. The van der Waals surface area contributed by atoms with Gasteiger partial charge in [0, 0.05) is 0 Å². The molecule has 0 heterocycles. The second kappa shape index (κ2) is 8.88. The first-order valence-corrected chi connectivity index (χ1v) is 8.56. The van der Waals surface area contributed by atoms with E-state index in [2.05, 4.69) is 38.1 Å². The van der Waals surface area contributed by atoms with Crippen LogP contribution in [0.25, 0.3) is 0 Å². The zero-order valence-electron chi connectivity index (χ0n) is 10.9. The zero-order valence-corrected chi connectivity index (χ0v) is 11.8. The van der Waals surface area contributed by atoms with Gasteiger partial charge in [-0.15, -0.1) is 7.92 Å². The van der Waals surface area contributed by atoms with Crippen molar-refractivity contribution in [1.82, 2.24) is 0 Å². The summed E-state index contributed by atoms with van der Waals surface area (Å²) in [6, 6.07) is 9.07. The van der Waals surface area contributed by atoms with E-state index >= 15 is 0 Å². The molecular weight excluding hydrogens is 211 g/mol. The lowest BCUT2D eigenvalue weighted by Gasteiger charge is -2.22. The van der Waals surface area contributed by atoms with Crippen molar-refractivity contribution in [2.45, 2.75) is 52.4 Å². The minimum atomic E-state index is 0.158. The van der Waals surface area contributed by atoms with E-state index in [-0.39, 0.29) is 7.92 Å². The Morgan fingerprint density at radius 2 is 1.62 bits per heavy atom. The van der Waals surface area contributed by atoms with E-state index in [0.29, 0.717) is 0 Å². The number of hydrogen-bond donors (Lipinski definition) is 0. The lowest BCUT2D eigenvalue weighted by atomic mass is 10.3. The number of rotatable bonds is 9. The summed E-state index contributed by atoms with van der Waals surface area (Å²) in [5.41, 5.74) is 0. The third-order valence-corrected chi connectivity index (χ3v) is 5.81. The predicted molar refractivity (Wildman–Crippen MR) is 77.4 cm³/mol. The van der Waals surface area contributed by atoms with Crippen molar-refractivity contribution in [2.75, 3.05) is 12.3 Å². The molecule has 0 aliphatic rings. The Bertz CT molecular complexity index is 228. The Hall–Kier alpha value is -0.220. The standard InChI is InChI=1S/C15H26P/c1-3-5-9-13-16(14-10-6-4-2)15-11-7-8-12-15/h7-8,11-12H,3-6,9-10,13-14H2,1-2H3/q-1. The third kappa shape index (κ3) is 5.21. The molecule has 0 radical (unpaired) electrons. The van der Waals surface area contributed by atoms with Crippen LogP contribution in [0.3, 0.4) is 0 Å². The summed E-state index contributed by atoms with van der Waals surface area (Å²) < 4.78 is 0. The highest BCUT2D eigenvalue weighted by atomic mass is 31.1. The van der Waals surface area contributed by atoms with Crippen LogP contribution in [0.1, 0.15) is 52.4 Å². The molecule has 0 nitrogen and oxygen atoms in total. The minimum Gasteiger partial charge on any atom is -0.206 e. The van der Waals surface area contributed by atoms with Gasteiger partial charge in [-0.1, -0.05) is 52.4 Å². The van der Waals surface area contributed by atoms with Crippen LogP contribution in [-0.4, -0.2) is 12.3 Å². The van der Waals surface area contributed by atoms with Crippen LogP contribution in [0.2, 0.25) is 0 Å². The molecule has 0 N–H and O–H groups in total. The molecule has 0 unspecified atom stereocenters. The molecule has 0 spiro atoms. The predicted octanol–water partition coefficient (Wildman–Crippen LogP) is 4.89. The van der Waals surface area contributed by atoms with Gasteiger partial charge in [0.15, 0.2) is 0 Å². The summed E-state index contributed by atoms with van der Waals surface area (Å²) in [6.45, 7) is 4.59. The van der Waals surface area contributed by atoms with Crippen LogP contribution in [0, 0.1) is 0 Å². The van der Waals surface area contributed by atoms with E-state index in [1.165, 1.54) is 50.8 Å². The van der Waals surface area contributed by atoms with Gasteiger partial charge in [-0.05, 0) is 12.3 Å². The quantitative estimate of drug-likeness (QED) is 0.326. The van der Waals surface area contributed by atoms with Gasteiger partial charge in [0.25, 0.3) is 0 Å². The Balaban J connectivity index is 2.36. The van der Waals surface area contributed by atoms with E-state index in [9.17, 15) is 0 Å². The van der Waals surface area contributed by atoms with Gasteiger partial charge in [-0.2, -0.15) is 23.5 Å². The molecule has 1 rings (SSSR count). The van der Waals surface area contributed by atoms with Crippen molar-refractivity contribution < 1.29 is 0 Å². The van der Waals surface area contributed by atoms with Crippen molar-refractivity contribution in [2.24, 2.45) is 0 Å². The van der Waals surface area contributed by atoms with E-state index < -0.39 is 0 Å². The topological polar surface area (TPSA) is 0 Å². The maximum Gasteiger partial charge on any atom is -0.0399 e. The highest BCUT2D eigenvalue weighted by Crippen LogP contribution is 2.37. The summed E-state index contributed by atoms with van der Waals surface area (Å²) in [7, 11) is 0.158. The molecule has 1 heteroatoms. The van der Waals surface area contributed by atoms with Gasteiger partial charge in [-0.3, -0.25) is 0 Å². The van der Waals surface area contributed by atoms with Gasteiger partial charge in [0.2, 0.25) is 0 Å². The molecular formula is C15H26P-. The first-order valence-electron chi connectivity index (χ1n) is 6.85. The van der Waals surface area contributed by atoms with Crippen LogP contribution in [0.5, 0.6) is 0 Å². The summed E-state index contributed by atoms with van der Waals surface area (Å²) in [5.74, 6) is 0. The van der Waals surface area contributed by atoms with Crippen molar-refractivity contribution in [3.05, 3.63) is 24.3 Å². The molecule has 0 fully saturated rings. The maximum atomic E-state index is 2.34. The van der Waals surface area contributed by atoms with Gasteiger partial charge in [0.05, 0.1) is 0 Å². The van der Waals surface area contributed by atoms with Gasteiger partial charge < -0.3 is 0 Å². The summed E-state index contributed by atoms with van der Waals surface area (Å²) >= 11 is 0. The average molecular weight is 237 g/mol. The van der Waals surface area contributed by atoms with Gasteiger partial charge >= 0.3 is 0 Å². The van der Waals surface area contributed by atoms with E-state index in [0.717, 1.165) is 0 Å². The summed E-state index contributed by atoms with van der Waals surface area (Å²) in [5, 5.41) is 1.64. The minimum absolute atomic E-state index is 0.158. The molecule has 0 bridgehead atoms. The molecule has 0 aliphatic heterocycles. The largest absolute Gasteiger partial charge is 0.206 e. The van der Waals surface area contributed by atoms with Crippen LogP contribution in [-0.2, 0) is 0 Å². The molecule has 0 saturated heterocycles. The second-order valence-electron chi connectivity index (χ2n) is 4.54.